The van der Waals surface area contributed by atoms with E-state index in [1.807, 2.05) is 12.1 Å². The number of aryl methyl sites for hydroxylation is 1. The van der Waals surface area contributed by atoms with Gasteiger partial charge in [-0.15, -0.1) is 21.8 Å². The molecule has 0 aliphatic rings. The first-order valence-corrected chi connectivity index (χ1v) is 5.89. The SMILES string of the molecule is Cn1nnc(CNCc2ccc(CCl)cc2)n1. The van der Waals surface area contributed by atoms with Gasteiger partial charge in [-0.3, -0.25) is 0 Å². The maximum Gasteiger partial charge on any atom is 0.188 e. The van der Waals surface area contributed by atoms with Gasteiger partial charge >= 0.3 is 0 Å². The molecule has 2 aromatic rings. The molecule has 0 aliphatic heterocycles. The van der Waals surface area contributed by atoms with Crippen LogP contribution in [0, 0.1) is 0 Å². The Morgan fingerprint density at radius 3 is 2.47 bits per heavy atom. The zero-order valence-corrected chi connectivity index (χ0v) is 10.4. The summed E-state index contributed by atoms with van der Waals surface area (Å²) >= 11 is 5.72. The number of halogens is 1. The molecule has 17 heavy (non-hydrogen) atoms. The Hall–Kier alpha value is -1.46. The molecule has 6 heteroatoms. The van der Waals surface area contributed by atoms with Crippen molar-refractivity contribution in [3.8, 4) is 0 Å². The van der Waals surface area contributed by atoms with E-state index in [-0.39, 0.29) is 0 Å². The second kappa shape index (κ2) is 5.75. The molecule has 0 fully saturated rings. The van der Waals surface area contributed by atoms with Crippen molar-refractivity contribution in [1.82, 2.24) is 25.5 Å². The summed E-state index contributed by atoms with van der Waals surface area (Å²) in [6, 6.07) is 8.19. The van der Waals surface area contributed by atoms with E-state index in [0.717, 1.165) is 12.1 Å². The van der Waals surface area contributed by atoms with Crippen molar-refractivity contribution < 1.29 is 0 Å². The molecule has 0 aliphatic carbocycles. The molecule has 5 nitrogen and oxygen atoms in total. The molecule has 1 aromatic carbocycles. The average Bonchev–Trinajstić information content (AvgIpc) is 2.76. The molecule has 0 amide bonds. The molecule has 90 valence electrons. The Morgan fingerprint density at radius 1 is 1.18 bits per heavy atom. The van der Waals surface area contributed by atoms with Crippen LogP contribution in [0.25, 0.3) is 0 Å². The van der Waals surface area contributed by atoms with Crippen LogP contribution in [-0.2, 0) is 26.0 Å². The van der Waals surface area contributed by atoms with Crippen LogP contribution in [0.4, 0.5) is 0 Å². The van der Waals surface area contributed by atoms with Crippen molar-refractivity contribution in [2.24, 2.45) is 7.05 Å². The second-order valence-corrected chi connectivity index (χ2v) is 4.02. The standard InChI is InChI=1S/C11H14ClN5/c1-17-15-11(14-16-17)8-13-7-10-4-2-9(6-12)3-5-10/h2-5,13H,6-8H2,1H3. The molecule has 0 bridgehead atoms. The van der Waals surface area contributed by atoms with Gasteiger partial charge in [0.2, 0.25) is 0 Å². The number of rotatable bonds is 5. The van der Waals surface area contributed by atoms with Crippen LogP contribution in [0.2, 0.25) is 0 Å². The second-order valence-electron chi connectivity index (χ2n) is 3.75. The van der Waals surface area contributed by atoms with E-state index in [0.29, 0.717) is 18.2 Å². The van der Waals surface area contributed by atoms with E-state index in [4.69, 9.17) is 11.6 Å². The fourth-order valence-corrected chi connectivity index (χ4v) is 1.64. The van der Waals surface area contributed by atoms with Crippen molar-refractivity contribution >= 4 is 11.6 Å². The van der Waals surface area contributed by atoms with E-state index in [1.54, 1.807) is 7.05 Å². The lowest BCUT2D eigenvalue weighted by atomic mass is 10.1. The minimum absolute atomic E-state index is 0.553. The predicted molar refractivity (Wildman–Crippen MR) is 65.3 cm³/mol. The molecule has 0 unspecified atom stereocenters. The van der Waals surface area contributed by atoms with E-state index >= 15 is 0 Å². The van der Waals surface area contributed by atoms with Crippen LogP contribution in [0.3, 0.4) is 0 Å². The molecule has 0 saturated heterocycles. The van der Waals surface area contributed by atoms with Gasteiger partial charge < -0.3 is 5.32 Å². The summed E-state index contributed by atoms with van der Waals surface area (Å²) in [7, 11) is 1.75. The van der Waals surface area contributed by atoms with Crippen LogP contribution >= 0.6 is 11.6 Å². The third-order valence-electron chi connectivity index (χ3n) is 2.34. The van der Waals surface area contributed by atoms with Crippen LogP contribution in [0.5, 0.6) is 0 Å². The summed E-state index contributed by atoms with van der Waals surface area (Å²) in [5.74, 6) is 1.25. The predicted octanol–water partition coefficient (Wildman–Crippen LogP) is 1.24. The Labute approximate surface area is 105 Å². The number of hydrogen-bond donors (Lipinski definition) is 1. The lowest BCUT2D eigenvalue weighted by molar-refractivity contribution is 0.619. The number of tetrazole rings is 1. The number of aromatic nitrogens is 4. The summed E-state index contributed by atoms with van der Waals surface area (Å²) in [6.07, 6.45) is 0. The fraction of sp³-hybridized carbons (Fsp3) is 0.364. The van der Waals surface area contributed by atoms with Gasteiger partial charge in [-0.25, -0.2) is 0 Å². The number of nitrogens with one attached hydrogen (secondary N) is 1. The smallest absolute Gasteiger partial charge is 0.188 e. The third-order valence-corrected chi connectivity index (χ3v) is 2.65. The van der Waals surface area contributed by atoms with Gasteiger partial charge in [0, 0.05) is 12.4 Å². The van der Waals surface area contributed by atoms with Crippen LogP contribution in [0.1, 0.15) is 17.0 Å². The molecule has 0 spiro atoms. The number of hydrogen-bond acceptors (Lipinski definition) is 4. The molecule has 0 radical (unpaired) electrons. The minimum atomic E-state index is 0.553. The van der Waals surface area contributed by atoms with Crippen molar-refractivity contribution in [3.05, 3.63) is 41.2 Å². The van der Waals surface area contributed by atoms with Crippen molar-refractivity contribution in [2.75, 3.05) is 0 Å². The maximum atomic E-state index is 5.72. The first kappa shape index (κ1) is 12.0. The first-order chi connectivity index (χ1) is 8.28. The molecule has 0 saturated carbocycles. The van der Waals surface area contributed by atoms with Crippen LogP contribution in [0.15, 0.2) is 24.3 Å². The summed E-state index contributed by atoms with van der Waals surface area (Å²) in [4.78, 5) is 1.45. The van der Waals surface area contributed by atoms with E-state index in [9.17, 15) is 0 Å². The molecular formula is C11H14ClN5. The van der Waals surface area contributed by atoms with Crippen LogP contribution in [-0.4, -0.2) is 20.2 Å². The molecular weight excluding hydrogens is 238 g/mol. The highest BCUT2D eigenvalue weighted by molar-refractivity contribution is 6.17. The van der Waals surface area contributed by atoms with Crippen LogP contribution < -0.4 is 5.32 Å². The Kier molecular flexibility index (Phi) is 4.06. The molecule has 1 N–H and O–H groups in total. The van der Waals surface area contributed by atoms with E-state index < -0.39 is 0 Å². The number of nitrogens with zero attached hydrogens (tertiary/aromatic N) is 4. The van der Waals surface area contributed by atoms with Crippen molar-refractivity contribution in [3.63, 3.8) is 0 Å². The van der Waals surface area contributed by atoms with Gasteiger partial charge in [-0.05, 0) is 16.3 Å². The summed E-state index contributed by atoms with van der Waals surface area (Å²) in [5, 5.41) is 15.0. The zero-order valence-electron chi connectivity index (χ0n) is 9.60. The first-order valence-electron chi connectivity index (χ1n) is 5.35. The average molecular weight is 252 g/mol. The van der Waals surface area contributed by atoms with E-state index in [1.165, 1.54) is 10.4 Å². The summed E-state index contributed by atoms with van der Waals surface area (Å²) in [5.41, 5.74) is 2.34. The van der Waals surface area contributed by atoms with Gasteiger partial charge in [-0.1, -0.05) is 24.3 Å². The lowest BCUT2D eigenvalue weighted by Gasteiger charge is -2.03. The molecule has 1 aromatic heterocycles. The zero-order chi connectivity index (χ0) is 12.1. The Morgan fingerprint density at radius 2 is 1.88 bits per heavy atom. The maximum absolute atomic E-state index is 5.72. The molecule has 2 rings (SSSR count). The van der Waals surface area contributed by atoms with Gasteiger partial charge in [0.1, 0.15) is 0 Å². The van der Waals surface area contributed by atoms with Gasteiger partial charge in [0.05, 0.1) is 13.6 Å². The molecule has 0 atom stereocenters. The third kappa shape index (κ3) is 3.51. The Balaban J connectivity index is 1.81. The van der Waals surface area contributed by atoms with Gasteiger partial charge in [-0.2, -0.15) is 4.80 Å². The lowest BCUT2D eigenvalue weighted by Crippen LogP contribution is -2.14. The minimum Gasteiger partial charge on any atom is -0.306 e. The van der Waals surface area contributed by atoms with Crippen molar-refractivity contribution in [1.29, 1.82) is 0 Å². The monoisotopic (exact) mass is 251 g/mol. The highest BCUT2D eigenvalue weighted by Crippen LogP contribution is 2.06. The normalized spacial score (nSPS) is 10.7. The fourth-order valence-electron chi connectivity index (χ4n) is 1.46. The number of benzene rings is 1. The highest BCUT2D eigenvalue weighted by Gasteiger charge is 1.99. The summed E-state index contributed by atoms with van der Waals surface area (Å²) < 4.78 is 0. The quantitative estimate of drug-likeness (QED) is 0.813. The topological polar surface area (TPSA) is 55.6 Å². The Bertz CT molecular complexity index is 465. The van der Waals surface area contributed by atoms with Gasteiger partial charge in [0.25, 0.3) is 0 Å². The largest absolute Gasteiger partial charge is 0.306 e. The molecule has 1 heterocycles. The summed E-state index contributed by atoms with van der Waals surface area (Å²) in [6.45, 7) is 1.39. The number of alkyl halides is 1. The van der Waals surface area contributed by atoms with Gasteiger partial charge in [0.15, 0.2) is 5.82 Å². The highest BCUT2D eigenvalue weighted by atomic mass is 35.5. The van der Waals surface area contributed by atoms with E-state index in [2.05, 4.69) is 32.9 Å². The van der Waals surface area contributed by atoms with Crippen molar-refractivity contribution in [2.45, 2.75) is 19.0 Å².